The van der Waals surface area contributed by atoms with Gasteiger partial charge in [0.2, 0.25) is 0 Å². The summed E-state index contributed by atoms with van der Waals surface area (Å²) >= 11 is 1.75. The van der Waals surface area contributed by atoms with Gasteiger partial charge >= 0.3 is 0 Å². The Morgan fingerprint density at radius 2 is 1.75 bits per heavy atom. The maximum atomic E-state index is 5.59. The molecule has 3 nitrogen and oxygen atoms in total. The number of rotatable bonds is 10. The van der Waals surface area contributed by atoms with Gasteiger partial charge in [0.05, 0.1) is 10.7 Å². The van der Waals surface area contributed by atoms with E-state index in [0.717, 1.165) is 24.8 Å². The fourth-order valence-electron chi connectivity index (χ4n) is 2.04. The molecule has 1 aromatic rings. The van der Waals surface area contributed by atoms with Gasteiger partial charge in [-0.1, -0.05) is 27.7 Å². The molecule has 20 heavy (non-hydrogen) atoms. The predicted octanol–water partition coefficient (Wildman–Crippen LogP) is 3.54. The molecule has 0 aliphatic carbocycles. The maximum absolute atomic E-state index is 5.59. The van der Waals surface area contributed by atoms with E-state index in [0.29, 0.717) is 6.54 Å². The molecule has 0 radical (unpaired) electrons. The number of nitrogens with zero attached hydrogens (tertiary/aromatic N) is 2. The van der Waals surface area contributed by atoms with Gasteiger partial charge in [0, 0.05) is 18.3 Å². The standard InChI is InChI=1S/C16H31N3S/c1-13(2)6-9-19(10-7-14(3)4)11-15-12-20-16(18-15)5-8-17/h12-14H,5-11,17H2,1-4H3. The molecule has 0 bridgehead atoms. The van der Waals surface area contributed by atoms with Gasteiger partial charge in [-0.3, -0.25) is 4.90 Å². The van der Waals surface area contributed by atoms with Gasteiger partial charge in [-0.05, 0) is 44.3 Å². The van der Waals surface area contributed by atoms with Crippen molar-refractivity contribution in [3.8, 4) is 0 Å². The highest BCUT2D eigenvalue weighted by Gasteiger charge is 2.10. The van der Waals surface area contributed by atoms with Gasteiger partial charge in [0.1, 0.15) is 0 Å². The van der Waals surface area contributed by atoms with Gasteiger partial charge in [-0.2, -0.15) is 0 Å². The van der Waals surface area contributed by atoms with E-state index in [-0.39, 0.29) is 0 Å². The molecular formula is C16H31N3S. The topological polar surface area (TPSA) is 42.1 Å². The molecule has 0 spiro atoms. The lowest BCUT2D eigenvalue weighted by Gasteiger charge is -2.23. The molecule has 0 saturated carbocycles. The molecule has 0 unspecified atom stereocenters. The first kappa shape index (κ1) is 17.6. The molecule has 2 N–H and O–H groups in total. The van der Waals surface area contributed by atoms with Gasteiger partial charge in [-0.25, -0.2) is 4.98 Å². The summed E-state index contributed by atoms with van der Waals surface area (Å²) in [7, 11) is 0. The molecule has 0 atom stereocenters. The van der Waals surface area contributed by atoms with Crippen molar-refractivity contribution in [1.82, 2.24) is 9.88 Å². The van der Waals surface area contributed by atoms with Crippen LogP contribution in [0.2, 0.25) is 0 Å². The zero-order valence-corrected chi connectivity index (χ0v) is 14.4. The lowest BCUT2D eigenvalue weighted by molar-refractivity contribution is 0.233. The highest BCUT2D eigenvalue weighted by Crippen LogP contribution is 2.14. The smallest absolute Gasteiger partial charge is 0.0941 e. The van der Waals surface area contributed by atoms with Crippen molar-refractivity contribution in [2.75, 3.05) is 19.6 Å². The minimum Gasteiger partial charge on any atom is -0.330 e. The summed E-state index contributed by atoms with van der Waals surface area (Å²) in [6.45, 7) is 13.2. The molecule has 4 heteroatoms. The van der Waals surface area contributed by atoms with E-state index in [4.69, 9.17) is 10.7 Å². The van der Waals surface area contributed by atoms with Crippen molar-refractivity contribution in [1.29, 1.82) is 0 Å². The molecule has 116 valence electrons. The van der Waals surface area contributed by atoms with Crippen LogP contribution in [-0.4, -0.2) is 29.5 Å². The van der Waals surface area contributed by atoms with Gasteiger partial charge in [0.15, 0.2) is 0 Å². The van der Waals surface area contributed by atoms with Crippen LogP contribution >= 0.6 is 11.3 Å². The minimum atomic E-state index is 0.692. The van der Waals surface area contributed by atoms with Crippen molar-refractivity contribution in [2.45, 2.75) is 53.5 Å². The van der Waals surface area contributed by atoms with Crippen LogP contribution in [0.25, 0.3) is 0 Å². The number of thiazole rings is 1. The Balaban J connectivity index is 2.52. The third-order valence-corrected chi connectivity index (χ3v) is 4.35. The summed E-state index contributed by atoms with van der Waals surface area (Å²) in [5.41, 5.74) is 6.80. The van der Waals surface area contributed by atoms with Crippen molar-refractivity contribution in [3.63, 3.8) is 0 Å². The first-order valence-corrected chi connectivity index (χ1v) is 8.75. The normalized spacial score (nSPS) is 12.0. The Hall–Kier alpha value is -0.450. The van der Waals surface area contributed by atoms with Crippen LogP contribution in [0.4, 0.5) is 0 Å². The monoisotopic (exact) mass is 297 g/mol. The summed E-state index contributed by atoms with van der Waals surface area (Å²) in [5.74, 6) is 1.53. The van der Waals surface area contributed by atoms with E-state index in [2.05, 4.69) is 38.0 Å². The Morgan fingerprint density at radius 3 is 2.25 bits per heavy atom. The summed E-state index contributed by atoms with van der Waals surface area (Å²) < 4.78 is 0. The van der Waals surface area contributed by atoms with E-state index < -0.39 is 0 Å². The third kappa shape index (κ3) is 7.36. The van der Waals surface area contributed by atoms with Crippen molar-refractivity contribution in [3.05, 3.63) is 16.1 Å². The van der Waals surface area contributed by atoms with Crippen LogP contribution in [0, 0.1) is 11.8 Å². The number of aromatic nitrogens is 1. The van der Waals surface area contributed by atoms with Gasteiger partial charge < -0.3 is 5.73 Å². The molecule has 0 fully saturated rings. The molecule has 1 heterocycles. The second kappa shape index (κ2) is 9.48. The molecule has 0 saturated heterocycles. The average molecular weight is 298 g/mol. The Kier molecular flexibility index (Phi) is 8.34. The fourth-order valence-corrected chi connectivity index (χ4v) is 2.85. The zero-order chi connectivity index (χ0) is 15.0. The first-order chi connectivity index (χ1) is 9.51. The zero-order valence-electron chi connectivity index (χ0n) is 13.6. The molecule has 1 rings (SSSR count). The summed E-state index contributed by atoms with van der Waals surface area (Å²) in [6, 6.07) is 0. The number of nitrogens with two attached hydrogens (primary N) is 1. The number of hydrogen-bond donors (Lipinski definition) is 1. The van der Waals surface area contributed by atoms with E-state index in [1.807, 2.05) is 0 Å². The summed E-state index contributed by atoms with van der Waals surface area (Å²) in [6.07, 6.45) is 3.43. The summed E-state index contributed by atoms with van der Waals surface area (Å²) in [4.78, 5) is 7.25. The lowest BCUT2D eigenvalue weighted by atomic mass is 10.1. The largest absolute Gasteiger partial charge is 0.330 e. The molecule has 0 aliphatic heterocycles. The minimum absolute atomic E-state index is 0.692. The second-order valence-electron chi connectivity index (χ2n) is 6.41. The molecule has 0 aromatic carbocycles. The van der Waals surface area contributed by atoms with Crippen LogP contribution in [-0.2, 0) is 13.0 Å². The molecular weight excluding hydrogens is 266 g/mol. The van der Waals surface area contributed by atoms with Crippen LogP contribution in [0.15, 0.2) is 5.38 Å². The van der Waals surface area contributed by atoms with Crippen molar-refractivity contribution < 1.29 is 0 Å². The molecule has 0 amide bonds. The SMILES string of the molecule is CC(C)CCN(CCC(C)C)Cc1csc(CCN)n1. The lowest BCUT2D eigenvalue weighted by Crippen LogP contribution is -2.27. The third-order valence-electron chi connectivity index (χ3n) is 3.39. The van der Waals surface area contributed by atoms with Crippen molar-refractivity contribution >= 4 is 11.3 Å². The Morgan fingerprint density at radius 1 is 1.15 bits per heavy atom. The highest BCUT2D eigenvalue weighted by atomic mass is 32.1. The first-order valence-electron chi connectivity index (χ1n) is 7.87. The maximum Gasteiger partial charge on any atom is 0.0941 e. The number of hydrogen-bond acceptors (Lipinski definition) is 4. The van der Waals surface area contributed by atoms with E-state index in [1.165, 1.54) is 36.6 Å². The van der Waals surface area contributed by atoms with Crippen LogP contribution in [0.5, 0.6) is 0 Å². The Bertz CT molecular complexity index is 348. The predicted molar refractivity (Wildman–Crippen MR) is 89.1 cm³/mol. The van der Waals surface area contributed by atoms with Crippen LogP contribution in [0.3, 0.4) is 0 Å². The van der Waals surface area contributed by atoms with Crippen LogP contribution < -0.4 is 5.73 Å². The summed E-state index contributed by atoms with van der Waals surface area (Å²) in [5, 5.41) is 3.37. The van der Waals surface area contributed by atoms with Gasteiger partial charge in [0.25, 0.3) is 0 Å². The van der Waals surface area contributed by atoms with E-state index in [9.17, 15) is 0 Å². The van der Waals surface area contributed by atoms with Crippen LogP contribution in [0.1, 0.15) is 51.2 Å². The van der Waals surface area contributed by atoms with Crippen molar-refractivity contribution in [2.24, 2.45) is 17.6 Å². The fraction of sp³-hybridized carbons (Fsp3) is 0.812. The Labute approximate surface area is 128 Å². The van der Waals surface area contributed by atoms with Gasteiger partial charge in [-0.15, -0.1) is 11.3 Å². The van der Waals surface area contributed by atoms with E-state index in [1.54, 1.807) is 11.3 Å². The quantitative estimate of drug-likeness (QED) is 0.718. The van der Waals surface area contributed by atoms with E-state index >= 15 is 0 Å². The highest BCUT2D eigenvalue weighted by molar-refractivity contribution is 7.09. The molecule has 0 aliphatic rings. The average Bonchev–Trinajstić information content (AvgIpc) is 2.80. The second-order valence-corrected chi connectivity index (χ2v) is 7.36. The molecule has 1 aromatic heterocycles.